The number of pyridine rings is 1. The largest absolute Gasteiger partial charge is 0.478 e. The summed E-state index contributed by atoms with van der Waals surface area (Å²) in [6, 6.07) is 7.16. The topological polar surface area (TPSA) is 52.8 Å². The highest BCUT2D eigenvalue weighted by Gasteiger charge is 2.32. The monoisotopic (exact) mass is 372 g/mol. The van der Waals surface area contributed by atoms with Crippen molar-refractivity contribution >= 4 is 0 Å². The molecule has 0 N–H and O–H groups in total. The lowest BCUT2D eigenvalue weighted by atomic mass is 10.1. The van der Waals surface area contributed by atoms with Crippen molar-refractivity contribution in [2.75, 3.05) is 0 Å². The lowest BCUT2D eigenvalue weighted by Crippen LogP contribution is -2.30. The van der Waals surface area contributed by atoms with E-state index in [1.165, 1.54) is 12.1 Å². The molecule has 0 fully saturated rings. The van der Waals surface area contributed by atoms with E-state index in [0.29, 0.717) is 23.9 Å². The van der Waals surface area contributed by atoms with Gasteiger partial charge in [-0.3, -0.25) is 4.98 Å². The zero-order valence-electron chi connectivity index (χ0n) is 16.0. The highest BCUT2D eigenvalue weighted by Crippen LogP contribution is 2.31. The minimum atomic E-state index is -0.834. The molecule has 0 aliphatic heterocycles. The molecule has 2 aromatic heterocycles. The van der Waals surface area contributed by atoms with Crippen molar-refractivity contribution in [1.29, 1.82) is 0 Å². The van der Waals surface area contributed by atoms with Crippen LogP contribution in [0.5, 0.6) is 5.75 Å². The van der Waals surface area contributed by atoms with E-state index in [0.717, 1.165) is 17.5 Å². The lowest BCUT2D eigenvalue weighted by molar-refractivity contribution is 0.0924. The summed E-state index contributed by atoms with van der Waals surface area (Å²) in [7, 11) is 0. The van der Waals surface area contributed by atoms with E-state index in [-0.39, 0.29) is 5.56 Å². The molecule has 0 radical (unpaired) electrons. The number of hydrogen-bond donors (Lipinski definition) is 0. The molecule has 0 unspecified atom stereocenters. The molecule has 0 amide bonds. The van der Waals surface area contributed by atoms with Crippen LogP contribution in [0.25, 0.3) is 11.4 Å². The summed E-state index contributed by atoms with van der Waals surface area (Å²) < 4.78 is 35.4. The van der Waals surface area contributed by atoms with Gasteiger partial charge in [-0.1, -0.05) is 0 Å². The first-order valence-corrected chi connectivity index (χ1v) is 8.75. The van der Waals surface area contributed by atoms with Gasteiger partial charge in [0.25, 0.3) is 0 Å². The molecule has 1 aromatic carbocycles. The molecule has 0 aliphatic carbocycles. The van der Waals surface area contributed by atoms with Gasteiger partial charge in [-0.2, -0.15) is 0 Å². The molecule has 27 heavy (non-hydrogen) atoms. The maximum Gasteiger partial charge on any atom is 0.177 e. The number of halogens is 2. The van der Waals surface area contributed by atoms with Crippen LogP contribution in [0.2, 0.25) is 0 Å². The average Bonchev–Trinajstić information content (AvgIpc) is 3.02. The highest BCUT2D eigenvalue weighted by molar-refractivity contribution is 5.56. The summed E-state index contributed by atoms with van der Waals surface area (Å²) >= 11 is 0. The van der Waals surface area contributed by atoms with Crippen molar-refractivity contribution in [3.63, 3.8) is 0 Å². The maximum atomic E-state index is 14.2. The zero-order chi connectivity index (χ0) is 19.8. The minimum absolute atomic E-state index is 0.195. The number of aromatic nitrogens is 4. The van der Waals surface area contributed by atoms with Crippen molar-refractivity contribution in [2.24, 2.45) is 0 Å². The quantitative estimate of drug-likeness (QED) is 0.658. The van der Waals surface area contributed by atoms with E-state index >= 15 is 0 Å². The second-order valence-electron chi connectivity index (χ2n) is 6.86. The van der Waals surface area contributed by atoms with E-state index in [1.54, 1.807) is 4.57 Å². The fraction of sp³-hybridized carbons (Fsp3) is 0.350. The molecule has 7 heteroatoms. The second kappa shape index (κ2) is 7.06. The standard InChI is InChI=1S/C20H22F2N4O/c1-6-26-18(15-9-8-14(21)11-16(15)22)24-25-19(26)20(4,5)27-17-10-7-12(2)23-13(17)3/h7-11H,6H2,1-5H3. The van der Waals surface area contributed by atoms with Crippen molar-refractivity contribution in [2.45, 2.75) is 46.8 Å². The Morgan fingerprint density at radius 3 is 2.44 bits per heavy atom. The molecule has 142 valence electrons. The molecular weight excluding hydrogens is 350 g/mol. The molecule has 0 aliphatic rings. The van der Waals surface area contributed by atoms with Crippen LogP contribution < -0.4 is 4.74 Å². The average molecular weight is 372 g/mol. The third-order valence-electron chi connectivity index (χ3n) is 4.32. The van der Waals surface area contributed by atoms with Crippen LogP contribution in [0.15, 0.2) is 30.3 Å². The smallest absolute Gasteiger partial charge is 0.177 e. The zero-order valence-corrected chi connectivity index (χ0v) is 16.0. The Balaban J connectivity index is 2.02. The minimum Gasteiger partial charge on any atom is -0.478 e. The van der Waals surface area contributed by atoms with Crippen LogP contribution in [0.1, 0.15) is 38.0 Å². The Morgan fingerprint density at radius 2 is 1.81 bits per heavy atom. The molecular formula is C20H22F2N4O. The van der Waals surface area contributed by atoms with Crippen LogP contribution in [0, 0.1) is 25.5 Å². The third kappa shape index (κ3) is 3.67. The van der Waals surface area contributed by atoms with Gasteiger partial charge in [0.1, 0.15) is 17.4 Å². The van der Waals surface area contributed by atoms with Gasteiger partial charge >= 0.3 is 0 Å². The van der Waals surface area contributed by atoms with Crippen LogP contribution in [-0.2, 0) is 12.1 Å². The predicted octanol–water partition coefficient (Wildman–Crippen LogP) is 4.57. The van der Waals surface area contributed by atoms with E-state index < -0.39 is 17.2 Å². The van der Waals surface area contributed by atoms with Gasteiger partial charge < -0.3 is 9.30 Å². The van der Waals surface area contributed by atoms with Gasteiger partial charge in [0, 0.05) is 18.3 Å². The van der Waals surface area contributed by atoms with Crippen LogP contribution in [0.4, 0.5) is 8.78 Å². The van der Waals surface area contributed by atoms with Crippen molar-refractivity contribution in [3.8, 4) is 17.1 Å². The van der Waals surface area contributed by atoms with E-state index in [1.807, 2.05) is 46.8 Å². The van der Waals surface area contributed by atoms with Crippen molar-refractivity contribution in [3.05, 3.63) is 59.2 Å². The number of benzene rings is 1. The second-order valence-corrected chi connectivity index (χ2v) is 6.86. The van der Waals surface area contributed by atoms with Gasteiger partial charge in [-0.15, -0.1) is 10.2 Å². The number of nitrogens with zero attached hydrogens (tertiary/aromatic N) is 4. The molecule has 3 aromatic rings. The van der Waals surface area contributed by atoms with Gasteiger partial charge in [-0.25, -0.2) is 8.78 Å². The summed E-state index contributed by atoms with van der Waals surface area (Å²) in [6.45, 7) is 9.95. The van der Waals surface area contributed by atoms with E-state index in [9.17, 15) is 8.78 Å². The number of ether oxygens (including phenoxy) is 1. The predicted molar refractivity (Wildman–Crippen MR) is 98.4 cm³/mol. The highest BCUT2D eigenvalue weighted by atomic mass is 19.1. The molecule has 0 saturated carbocycles. The Bertz CT molecular complexity index is 982. The Labute approximate surface area is 157 Å². The summed E-state index contributed by atoms with van der Waals surface area (Å²) in [5.74, 6) is 0.209. The SMILES string of the molecule is CCn1c(-c2ccc(F)cc2F)nnc1C(C)(C)Oc1ccc(C)nc1C. The van der Waals surface area contributed by atoms with Gasteiger partial charge in [0.15, 0.2) is 17.2 Å². The molecule has 2 heterocycles. The van der Waals surface area contributed by atoms with Gasteiger partial charge in [0.05, 0.1) is 11.3 Å². The maximum absolute atomic E-state index is 14.2. The van der Waals surface area contributed by atoms with Crippen LogP contribution in [-0.4, -0.2) is 19.7 Å². The lowest BCUT2D eigenvalue weighted by Gasteiger charge is -2.27. The summed E-state index contributed by atoms with van der Waals surface area (Å²) in [5.41, 5.74) is 1.04. The Morgan fingerprint density at radius 1 is 1.07 bits per heavy atom. The number of rotatable bonds is 5. The first-order valence-electron chi connectivity index (χ1n) is 8.75. The Kier molecular flexibility index (Phi) is 4.95. The first kappa shape index (κ1) is 18.9. The van der Waals surface area contributed by atoms with E-state index in [2.05, 4.69) is 15.2 Å². The fourth-order valence-electron chi connectivity index (χ4n) is 3.02. The number of aryl methyl sites for hydroxylation is 2. The molecule has 3 rings (SSSR count). The molecule has 0 saturated heterocycles. The van der Waals surface area contributed by atoms with Crippen molar-refractivity contribution in [1.82, 2.24) is 19.7 Å². The summed E-state index contributed by atoms with van der Waals surface area (Å²) in [6.07, 6.45) is 0. The van der Waals surface area contributed by atoms with Crippen LogP contribution in [0.3, 0.4) is 0 Å². The molecule has 5 nitrogen and oxygen atoms in total. The van der Waals surface area contributed by atoms with Gasteiger partial charge in [-0.05, 0) is 58.9 Å². The van der Waals surface area contributed by atoms with E-state index in [4.69, 9.17) is 4.74 Å². The fourth-order valence-corrected chi connectivity index (χ4v) is 3.02. The first-order chi connectivity index (χ1) is 12.7. The molecule has 0 spiro atoms. The normalized spacial score (nSPS) is 11.7. The molecule has 0 bridgehead atoms. The van der Waals surface area contributed by atoms with Gasteiger partial charge in [0.2, 0.25) is 0 Å². The summed E-state index contributed by atoms with van der Waals surface area (Å²) in [5, 5.41) is 8.40. The number of hydrogen-bond acceptors (Lipinski definition) is 4. The molecule has 0 atom stereocenters. The Hall–Kier alpha value is -2.83. The summed E-state index contributed by atoms with van der Waals surface area (Å²) in [4.78, 5) is 4.41. The van der Waals surface area contributed by atoms with Crippen molar-refractivity contribution < 1.29 is 13.5 Å². The third-order valence-corrected chi connectivity index (χ3v) is 4.32. The van der Waals surface area contributed by atoms with Crippen LogP contribution >= 0.6 is 0 Å².